The Morgan fingerprint density at radius 1 is 1.30 bits per heavy atom. The lowest BCUT2D eigenvalue weighted by Gasteiger charge is -2.31. The number of hydrogen-bond acceptors (Lipinski definition) is 6. The average molecular weight is 376 g/mol. The standard InChI is InChI=1S/C21H32N2O4/c1-26-21(25)17-8-10-23(11-9-17)14-19(24)15-27-20-7-2-4-16(12-20)13-22-18-5-3-6-18/h2,4,7,12,17-19,22,24H,3,5-6,8-11,13-15H2,1H3/t19-/m0/s1. The number of aliphatic hydroxyl groups is 1. The molecule has 1 aliphatic carbocycles. The molecule has 150 valence electrons. The minimum absolute atomic E-state index is 0.00377. The monoisotopic (exact) mass is 376 g/mol. The molecule has 0 radical (unpaired) electrons. The Morgan fingerprint density at radius 3 is 2.74 bits per heavy atom. The molecule has 2 aliphatic rings. The van der Waals surface area contributed by atoms with Gasteiger partial charge in [-0.05, 0) is 56.5 Å². The van der Waals surface area contributed by atoms with Gasteiger partial charge in [0, 0.05) is 19.1 Å². The van der Waals surface area contributed by atoms with Crippen LogP contribution in [-0.4, -0.2) is 61.5 Å². The number of piperidine rings is 1. The highest BCUT2D eigenvalue weighted by molar-refractivity contribution is 5.72. The van der Waals surface area contributed by atoms with E-state index in [1.54, 1.807) is 0 Å². The van der Waals surface area contributed by atoms with Crippen LogP contribution >= 0.6 is 0 Å². The summed E-state index contributed by atoms with van der Waals surface area (Å²) in [7, 11) is 1.44. The number of rotatable bonds is 9. The Bertz CT molecular complexity index is 598. The maximum Gasteiger partial charge on any atom is 0.308 e. The molecule has 2 N–H and O–H groups in total. The second-order valence-corrected chi connectivity index (χ2v) is 7.72. The first-order chi connectivity index (χ1) is 13.1. The maximum absolute atomic E-state index is 11.6. The minimum Gasteiger partial charge on any atom is -0.491 e. The predicted octanol–water partition coefficient (Wildman–Crippen LogP) is 1.95. The molecule has 0 unspecified atom stereocenters. The Hall–Kier alpha value is -1.63. The van der Waals surface area contributed by atoms with E-state index in [1.165, 1.54) is 31.9 Å². The number of hydrogen-bond donors (Lipinski definition) is 2. The van der Waals surface area contributed by atoms with Crippen LogP contribution in [0.2, 0.25) is 0 Å². The van der Waals surface area contributed by atoms with E-state index in [-0.39, 0.29) is 18.5 Å². The fourth-order valence-electron chi connectivity index (χ4n) is 3.68. The van der Waals surface area contributed by atoms with Crippen LogP contribution in [0, 0.1) is 5.92 Å². The summed E-state index contributed by atoms with van der Waals surface area (Å²) in [4.78, 5) is 13.8. The summed E-state index contributed by atoms with van der Waals surface area (Å²) in [5, 5.41) is 13.9. The molecular formula is C21H32N2O4. The van der Waals surface area contributed by atoms with Crippen molar-refractivity contribution in [2.45, 2.75) is 50.8 Å². The number of β-amino-alcohol motifs (C(OH)–C–C–N with tert-alkyl or cyclic N) is 1. The summed E-state index contributed by atoms with van der Waals surface area (Å²) in [6, 6.07) is 8.74. The van der Waals surface area contributed by atoms with Crippen LogP contribution in [0.15, 0.2) is 24.3 Å². The zero-order chi connectivity index (χ0) is 19.1. The highest BCUT2D eigenvalue weighted by Crippen LogP contribution is 2.20. The molecule has 0 aromatic heterocycles. The molecule has 0 bridgehead atoms. The molecular weight excluding hydrogens is 344 g/mol. The second-order valence-electron chi connectivity index (χ2n) is 7.72. The van der Waals surface area contributed by atoms with Crippen molar-refractivity contribution in [3.63, 3.8) is 0 Å². The summed E-state index contributed by atoms with van der Waals surface area (Å²) in [6.07, 6.45) is 4.92. The number of benzene rings is 1. The highest BCUT2D eigenvalue weighted by atomic mass is 16.5. The van der Waals surface area contributed by atoms with Crippen molar-refractivity contribution in [3.05, 3.63) is 29.8 Å². The number of methoxy groups -OCH3 is 1. The molecule has 27 heavy (non-hydrogen) atoms. The van der Waals surface area contributed by atoms with Crippen molar-refractivity contribution >= 4 is 5.97 Å². The number of aliphatic hydroxyl groups excluding tert-OH is 1. The van der Waals surface area contributed by atoms with Crippen LogP contribution < -0.4 is 10.1 Å². The summed E-state index contributed by atoms with van der Waals surface area (Å²) in [5.41, 5.74) is 1.21. The minimum atomic E-state index is -0.545. The molecule has 0 spiro atoms. The Labute approximate surface area is 161 Å². The third kappa shape index (κ3) is 6.19. The van der Waals surface area contributed by atoms with Crippen molar-refractivity contribution in [1.29, 1.82) is 0 Å². The van der Waals surface area contributed by atoms with Crippen molar-refractivity contribution in [2.24, 2.45) is 5.92 Å². The summed E-state index contributed by atoms with van der Waals surface area (Å²) < 4.78 is 10.6. The van der Waals surface area contributed by atoms with E-state index in [1.807, 2.05) is 18.2 Å². The van der Waals surface area contributed by atoms with Gasteiger partial charge in [0.1, 0.15) is 18.5 Å². The van der Waals surface area contributed by atoms with Gasteiger partial charge in [0.15, 0.2) is 0 Å². The van der Waals surface area contributed by atoms with E-state index in [2.05, 4.69) is 16.3 Å². The molecule has 0 amide bonds. The zero-order valence-corrected chi connectivity index (χ0v) is 16.2. The van der Waals surface area contributed by atoms with E-state index in [4.69, 9.17) is 9.47 Å². The number of nitrogens with zero attached hydrogens (tertiary/aromatic N) is 1. The van der Waals surface area contributed by atoms with Crippen molar-refractivity contribution in [3.8, 4) is 5.75 Å². The molecule has 6 nitrogen and oxygen atoms in total. The molecule has 6 heteroatoms. The molecule has 1 saturated carbocycles. The van der Waals surface area contributed by atoms with Crippen LogP contribution in [0.3, 0.4) is 0 Å². The average Bonchev–Trinajstić information content (AvgIpc) is 2.65. The van der Waals surface area contributed by atoms with Gasteiger partial charge in [0.25, 0.3) is 0 Å². The van der Waals surface area contributed by atoms with E-state index in [0.29, 0.717) is 12.6 Å². The van der Waals surface area contributed by atoms with Gasteiger partial charge in [-0.1, -0.05) is 18.6 Å². The maximum atomic E-state index is 11.6. The molecule has 1 aliphatic heterocycles. The van der Waals surface area contributed by atoms with Gasteiger partial charge in [0.2, 0.25) is 0 Å². The van der Waals surface area contributed by atoms with E-state index in [9.17, 15) is 9.90 Å². The molecule has 3 rings (SSSR count). The first-order valence-corrected chi connectivity index (χ1v) is 10.1. The van der Waals surface area contributed by atoms with E-state index >= 15 is 0 Å². The van der Waals surface area contributed by atoms with Gasteiger partial charge in [0.05, 0.1) is 13.0 Å². The van der Waals surface area contributed by atoms with Crippen LogP contribution in [0.25, 0.3) is 0 Å². The number of carbonyl (C=O) groups is 1. The van der Waals surface area contributed by atoms with Gasteiger partial charge in [-0.3, -0.25) is 4.79 Å². The van der Waals surface area contributed by atoms with Crippen molar-refractivity contribution < 1.29 is 19.4 Å². The van der Waals surface area contributed by atoms with E-state index in [0.717, 1.165) is 38.2 Å². The smallest absolute Gasteiger partial charge is 0.308 e. The van der Waals surface area contributed by atoms with E-state index < -0.39 is 6.10 Å². The number of nitrogens with one attached hydrogen (secondary N) is 1. The fraction of sp³-hybridized carbons (Fsp3) is 0.667. The molecule has 2 fully saturated rings. The number of likely N-dealkylation sites (tertiary alicyclic amines) is 1. The lowest BCUT2D eigenvalue weighted by molar-refractivity contribution is -0.147. The molecule has 1 aromatic rings. The lowest BCUT2D eigenvalue weighted by Crippen LogP contribution is -2.42. The Balaban J connectivity index is 1.36. The van der Waals surface area contributed by atoms with Crippen molar-refractivity contribution in [1.82, 2.24) is 10.2 Å². The third-order valence-electron chi connectivity index (χ3n) is 5.63. The number of esters is 1. The van der Waals surface area contributed by atoms with Gasteiger partial charge in [-0.25, -0.2) is 0 Å². The van der Waals surface area contributed by atoms with Crippen molar-refractivity contribution in [2.75, 3.05) is 33.4 Å². The molecule has 1 heterocycles. The van der Waals surface area contributed by atoms with Crippen LogP contribution in [0.4, 0.5) is 0 Å². The highest BCUT2D eigenvalue weighted by Gasteiger charge is 2.26. The Morgan fingerprint density at radius 2 is 2.07 bits per heavy atom. The quantitative estimate of drug-likeness (QED) is 0.642. The molecule has 1 saturated heterocycles. The molecule has 1 aromatic carbocycles. The first-order valence-electron chi connectivity index (χ1n) is 10.1. The number of ether oxygens (including phenoxy) is 2. The normalized spacial score (nSPS) is 20.1. The second kappa shape index (κ2) is 10.1. The summed E-state index contributed by atoms with van der Waals surface area (Å²) in [5.74, 6) is 0.674. The summed E-state index contributed by atoms with van der Waals surface area (Å²) in [6.45, 7) is 3.31. The van der Waals surface area contributed by atoms with Gasteiger partial charge in [-0.2, -0.15) is 0 Å². The largest absolute Gasteiger partial charge is 0.491 e. The van der Waals surface area contributed by atoms with Gasteiger partial charge in [-0.15, -0.1) is 0 Å². The van der Waals surface area contributed by atoms with Crippen LogP contribution in [0.1, 0.15) is 37.7 Å². The fourth-order valence-corrected chi connectivity index (χ4v) is 3.68. The lowest BCUT2D eigenvalue weighted by atomic mass is 9.93. The van der Waals surface area contributed by atoms with Crippen LogP contribution in [-0.2, 0) is 16.1 Å². The van der Waals surface area contributed by atoms with Gasteiger partial charge < -0.3 is 24.8 Å². The predicted molar refractivity (Wildman–Crippen MR) is 104 cm³/mol. The summed E-state index contributed by atoms with van der Waals surface area (Å²) >= 11 is 0. The third-order valence-corrected chi connectivity index (χ3v) is 5.63. The topological polar surface area (TPSA) is 71.0 Å². The van der Waals surface area contributed by atoms with Gasteiger partial charge >= 0.3 is 5.97 Å². The first kappa shape index (κ1) is 20.1. The zero-order valence-electron chi connectivity index (χ0n) is 16.2. The Kier molecular flexibility index (Phi) is 7.50. The molecule has 1 atom stereocenters. The number of carbonyl (C=O) groups excluding carboxylic acids is 1. The SMILES string of the molecule is COC(=O)C1CCN(C[C@H](O)COc2cccc(CNC3CCC3)c2)CC1. The van der Waals surface area contributed by atoms with Crippen LogP contribution in [0.5, 0.6) is 5.75 Å².